The van der Waals surface area contributed by atoms with E-state index in [1.807, 2.05) is 13.0 Å². The van der Waals surface area contributed by atoms with Gasteiger partial charge < -0.3 is 10.1 Å². The van der Waals surface area contributed by atoms with Crippen LogP contribution in [0.1, 0.15) is 42.6 Å². The number of H-pyrrole nitrogens is 1. The highest BCUT2D eigenvalue weighted by molar-refractivity contribution is 6.30. The van der Waals surface area contributed by atoms with E-state index in [-0.39, 0.29) is 49.7 Å². The first-order valence-corrected chi connectivity index (χ1v) is 10.4. The Hall–Kier alpha value is -2.65. The zero-order valence-corrected chi connectivity index (χ0v) is 17.5. The molecule has 2 saturated heterocycles. The lowest BCUT2D eigenvalue weighted by atomic mass is 10.1. The number of carbonyl (C=O) groups is 2. The molecule has 30 heavy (non-hydrogen) atoms. The van der Waals surface area contributed by atoms with Crippen molar-refractivity contribution in [2.24, 2.45) is 0 Å². The number of carbonyl (C=O) groups excluding carboxylic acids is 2. The molecule has 2 N–H and O–H groups in total. The zero-order valence-electron chi connectivity index (χ0n) is 16.7. The van der Waals surface area contributed by atoms with Gasteiger partial charge in [0.2, 0.25) is 11.8 Å². The molecule has 10 heteroatoms. The van der Waals surface area contributed by atoms with Crippen molar-refractivity contribution >= 4 is 23.4 Å². The standard InChI is InChI=1S/C20H24ClN5O4/c1-12-8-14(21)9-13(19(12)30-15-4-6-22-7-5-15)10-26-20(29)23-16(24-26)11-25-17(27)2-3-18(25)28/h8-9,15,22H,2-7,10-11H2,1H3,(H,23,24,29). The Balaban J connectivity index is 1.56. The van der Waals surface area contributed by atoms with E-state index in [2.05, 4.69) is 15.4 Å². The summed E-state index contributed by atoms with van der Waals surface area (Å²) in [7, 11) is 0. The van der Waals surface area contributed by atoms with Crippen LogP contribution in [0.25, 0.3) is 0 Å². The smallest absolute Gasteiger partial charge is 0.343 e. The quantitative estimate of drug-likeness (QED) is 0.666. The summed E-state index contributed by atoms with van der Waals surface area (Å²) in [6, 6.07) is 3.62. The first kappa shape index (κ1) is 20.6. The monoisotopic (exact) mass is 433 g/mol. The van der Waals surface area contributed by atoms with Gasteiger partial charge >= 0.3 is 5.69 Å². The summed E-state index contributed by atoms with van der Waals surface area (Å²) >= 11 is 6.26. The number of aryl methyl sites for hydroxylation is 1. The van der Waals surface area contributed by atoms with Gasteiger partial charge in [0, 0.05) is 23.4 Å². The highest BCUT2D eigenvalue weighted by Gasteiger charge is 2.30. The fourth-order valence-corrected chi connectivity index (χ4v) is 4.15. The van der Waals surface area contributed by atoms with Crippen LogP contribution in [0, 0.1) is 6.92 Å². The highest BCUT2D eigenvalue weighted by atomic mass is 35.5. The predicted octanol–water partition coefficient (Wildman–Crippen LogP) is 1.36. The molecule has 1 aromatic heterocycles. The van der Waals surface area contributed by atoms with E-state index in [0.717, 1.165) is 42.0 Å². The lowest BCUT2D eigenvalue weighted by molar-refractivity contribution is -0.139. The van der Waals surface area contributed by atoms with Gasteiger partial charge in [0.15, 0.2) is 5.82 Å². The number of rotatable bonds is 6. The molecule has 0 radical (unpaired) electrons. The average molecular weight is 434 g/mol. The maximum atomic E-state index is 12.4. The van der Waals surface area contributed by atoms with Gasteiger partial charge in [-0.25, -0.2) is 9.48 Å². The van der Waals surface area contributed by atoms with Gasteiger partial charge in [-0.3, -0.25) is 19.5 Å². The molecule has 0 atom stereocenters. The van der Waals surface area contributed by atoms with E-state index in [4.69, 9.17) is 16.3 Å². The number of ether oxygens (including phenoxy) is 1. The zero-order chi connectivity index (χ0) is 21.3. The minimum absolute atomic E-state index is 0.0348. The van der Waals surface area contributed by atoms with Gasteiger partial charge in [-0.1, -0.05) is 11.6 Å². The molecule has 4 rings (SSSR count). The normalized spacial score (nSPS) is 17.7. The van der Waals surface area contributed by atoms with Crippen LogP contribution < -0.4 is 15.7 Å². The van der Waals surface area contributed by atoms with Crippen molar-refractivity contribution in [3.63, 3.8) is 0 Å². The van der Waals surface area contributed by atoms with E-state index < -0.39 is 5.69 Å². The van der Waals surface area contributed by atoms with E-state index in [1.165, 1.54) is 4.68 Å². The van der Waals surface area contributed by atoms with Crippen LogP contribution >= 0.6 is 11.6 Å². The van der Waals surface area contributed by atoms with E-state index in [9.17, 15) is 14.4 Å². The number of halogens is 1. The minimum Gasteiger partial charge on any atom is -0.490 e. The number of aromatic amines is 1. The van der Waals surface area contributed by atoms with Gasteiger partial charge in [0.25, 0.3) is 0 Å². The number of benzene rings is 1. The second kappa shape index (κ2) is 8.61. The van der Waals surface area contributed by atoms with Crippen LogP contribution in [-0.2, 0) is 22.7 Å². The lowest BCUT2D eigenvalue weighted by Gasteiger charge is -2.26. The fourth-order valence-electron chi connectivity index (χ4n) is 3.86. The average Bonchev–Trinajstić information content (AvgIpc) is 3.21. The molecule has 3 heterocycles. The van der Waals surface area contributed by atoms with Gasteiger partial charge in [0.05, 0.1) is 13.1 Å². The van der Waals surface area contributed by atoms with E-state index in [1.54, 1.807) is 6.07 Å². The summed E-state index contributed by atoms with van der Waals surface area (Å²) in [6.07, 6.45) is 2.31. The van der Waals surface area contributed by atoms with Crippen LogP contribution in [0.3, 0.4) is 0 Å². The molecule has 1 aromatic carbocycles. The summed E-state index contributed by atoms with van der Waals surface area (Å²) in [6.45, 7) is 3.87. The molecule has 0 bridgehead atoms. The van der Waals surface area contributed by atoms with Crippen molar-refractivity contribution in [3.05, 3.63) is 44.6 Å². The number of piperidine rings is 1. The van der Waals surface area contributed by atoms with Crippen LogP contribution in [0.15, 0.2) is 16.9 Å². The summed E-state index contributed by atoms with van der Waals surface area (Å²) in [4.78, 5) is 39.8. The molecule has 2 fully saturated rings. The topological polar surface area (TPSA) is 109 Å². The number of imide groups is 1. The molecule has 0 aliphatic carbocycles. The first-order chi connectivity index (χ1) is 14.4. The minimum atomic E-state index is -0.422. The maximum Gasteiger partial charge on any atom is 0.343 e. The predicted molar refractivity (Wildman–Crippen MR) is 109 cm³/mol. The number of amides is 2. The van der Waals surface area contributed by atoms with Crippen LogP contribution in [-0.4, -0.2) is 50.7 Å². The molecular formula is C20H24ClN5O4. The summed E-state index contributed by atoms with van der Waals surface area (Å²) in [5, 5.41) is 8.14. The Morgan fingerprint density at radius 3 is 2.53 bits per heavy atom. The second-order valence-electron chi connectivity index (χ2n) is 7.69. The van der Waals surface area contributed by atoms with Crippen LogP contribution in [0.5, 0.6) is 5.75 Å². The Bertz CT molecular complexity index is 1010. The summed E-state index contributed by atoms with van der Waals surface area (Å²) in [5.41, 5.74) is 1.23. The van der Waals surface area contributed by atoms with Gasteiger partial charge in [0.1, 0.15) is 11.9 Å². The molecular weight excluding hydrogens is 410 g/mol. The summed E-state index contributed by atoms with van der Waals surface area (Å²) < 4.78 is 7.54. The fraction of sp³-hybridized carbons (Fsp3) is 0.500. The van der Waals surface area contributed by atoms with Gasteiger partial charge in [-0.05, 0) is 50.6 Å². The number of nitrogens with one attached hydrogen (secondary N) is 2. The van der Waals surface area contributed by atoms with Crippen molar-refractivity contribution in [1.29, 1.82) is 0 Å². The van der Waals surface area contributed by atoms with E-state index >= 15 is 0 Å². The third kappa shape index (κ3) is 4.41. The molecule has 0 unspecified atom stereocenters. The molecule has 2 amide bonds. The number of likely N-dealkylation sites (tertiary alicyclic amines) is 1. The lowest BCUT2D eigenvalue weighted by Crippen LogP contribution is -2.34. The van der Waals surface area contributed by atoms with Gasteiger partial charge in [-0.2, -0.15) is 5.10 Å². The molecule has 2 aromatic rings. The van der Waals surface area contributed by atoms with E-state index in [0.29, 0.717) is 10.8 Å². The Kier molecular flexibility index (Phi) is 5.92. The number of hydrogen-bond donors (Lipinski definition) is 2. The highest BCUT2D eigenvalue weighted by Crippen LogP contribution is 2.30. The maximum absolute atomic E-state index is 12.4. The Morgan fingerprint density at radius 1 is 1.13 bits per heavy atom. The largest absolute Gasteiger partial charge is 0.490 e. The second-order valence-corrected chi connectivity index (χ2v) is 8.12. The van der Waals surface area contributed by atoms with Crippen molar-refractivity contribution in [1.82, 2.24) is 25.0 Å². The number of nitrogens with zero attached hydrogens (tertiary/aromatic N) is 3. The van der Waals surface area contributed by atoms with Crippen molar-refractivity contribution in [3.8, 4) is 5.75 Å². The Labute approximate surface area is 178 Å². The van der Waals surface area contributed by atoms with Crippen molar-refractivity contribution < 1.29 is 14.3 Å². The number of hydrogen-bond acceptors (Lipinski definition) is 6. The molecule has 160 valence electrons. The molecule has 2 aliphatic rings. The third-order valence-electron chi connectivity index (χ3n) is 5.40. The molecule has 9 nitrogen and oxygen atoms in total. The number of aromatic nitrogens is 3. The molecule has 0 saturated carbocycles. The SMILES string of the molecule is Cc1cc(Cl)cc(Cn2nc(CN3C(=O)CCC3=O)[nH]c2=O)c1OC1CCNCC1. The van der Waals surface area contributed by atoms with Crippen LogP contribution in [0.4, 0.5) is 0 Å². The van der Waals surface area contributed by atoms with Crippen molar-refractivity contribution in [2.75, 3.05) is 13.1 Å². The van der Waals surface area contributed by atoms with Crippen LogP contribution in [0.2, 0.25) is 5.02 Å². The molecule has 0 spiro atoms. The van der Waals surface area contributed by atoms with Crippen molar-refractivity contribution in [2.45, 2.75) is 51.8 Å². The first-order valence-electron chi connectivity index (χ1n) is 10.1. The molecule has 2 aliphatic heterocycles. The summed E-state index contributed by atoms with van der Waals surface area (Å²) in [5.74, 6) is 0.480. The third-order valence-corrected chi connectivity index (χ3v) is 5.62. The van der Waals surface area contributed by atoms with Gasteiger partial charge in [-0.15, -0.1) is 0 Å². The Morgan fingerprint density at radius 2 is 1.83 bits per heavy atom.